The summed E-state index contributed by atoms with van der Waals surface area (Å²) in [5.41, 5.74) is 5.55. The van der Waals surface area contributed by atoms with Crippen LogP contribution in [0.3, 0.4) is 0 Å². The largest absolute Gasteiger partial charge is 0.490 e. The van der Waals surface area contributed by atoms with Crippen molar-refractivity contribution in [1.82, 2.24) is 0 Å². The molecule has 0 saturated carbocycles. The summed E-state index contributed by atoms with van der Waals surface area (Å²) in [5, 5.41) is 48.2. The Morgan fingerprint density at radius 2 is 0.814 bits per heavy atom. The Morgan fingerprint density at radius 3 is 1.13 bits per heavy atom. The van der Waals surface area contributed by atoms with Crippen LogP contribution in [-0.4, -0.2) is 99.5 Å². The van der Waals surface area contributed by atoms with E-state index in [0.29, 0.717) is 58.6 Å². The summed E-state index contributed by atoms with van der Waals surface area (Å²) in [6.45, 7) is 14.4. The van der Waals surface area contributed by atoms with E-state index in [1.165, 1.54) is 62.4 Å². The SMILES string of the molecule is [C-]#[N+]c1ccc(-c2ccc(OCCOC(=O)C(CC(C)C(=O)OCCN(CC)c3ccc(N=Nc4ccc([N+](=O)[O-])cc4)cc3)(CC(C)C(=O)OCCN(CC)c3ccc(N=Nc4ccc([N+](=O)[O-])cc4)cc3)C(=O)OCCOc3ccc(-c4ccc(C#N)cc4)cc3)cc2)cc1. The van der Waals surface area contributed by atoms with Crippen molar-refractivity contribution in [1.29, 1.82) is 5.26 Å². The number of nitro benzene ring substituents is 2. The highest BCUT2D eigenvalue weighted by Crippen LogP contribution is 2.39. The van der Waals surface area contributed by atoms with Gasteiger partial charge < -0.3 is 38.2 Å². The molecule has 0 aliphatic carbocycles. The molecule has 0 fully saturated rings. The number of carbonyl (C=O) groups is 4. The number of esters is 4. The average Bonchev–Trinajstić information content (AvgIpc) is 0.801. The zero-order valence-corrected chi connectivity index (χ0v) is 53.8. The summed E-state index contributed by atoms with van der Waals surface area (Å²) in [5.74, 6) is -5.10. The lowest BCUT2D eigenvalue weighted by Gasteiger charge is -2.33. The third kappa shape index (κ3) is 20.4. The highest BCUT2D eigenvalue weighted by atomic mass is 16.6. The number of anilines is 2. The van der Waals surface area contributed by atoms with Crippen molar-refractivity contribution in [3.8, 4) is 39.8 Å². The molecule has 8 aromatic rings. The van der Waals surface area contributed by atoms with Crippen molar-refractivity contribution < 1.29 is 57.4 Å². The van der Waals surface area contributed by atoms with Crippen LogP contribution in [0, 0.1) is 55.4 Å². The van der Waals surface area contributed by atoms with Crippen LogP contribution in [0.2, 0.25) is 0 Å². The monoisotopic (exact) mass is 1310 g/mol. The van der Waals surface area contributed by atoms with Crippen LogP contribution in [0.5, 0.6) is 11.5 Å². The van der Waals surface area contributed by atoms with Gasteiger partial charge >= 0.3 is 23.9 Å². The van der Waals surface area contributed by atoms with Gasteiger partial charge in [-0.1, -0.05) is 74.5 Å². The number of nitriles is 1. The second kappa shape index (κ2) is 35.2. The van der Waals surface area contributed by atoms with E-state index in [-0.39, 0.29) is 64.1 Å². The molecule has 24 nitrogen and oxygen atoms in total. The maximum atomic E-state index is 15.0. The van der Waals surface area contributed by atoms with Crippen LogP contribution in [-0.2, 0) is 38.1 Å². The van der Waals surface area contributed by atoms with Crippen LogP contribution < -0.4 is 19.3 Å². The standard InChI is InChI=1S/C73H70N10O14/c1-6-80(63-28-20-59(21-29-63)76-78-61-24-32-65(33-25-61)82(88)89)40-42-94-69(84)51(3)48-73(71(86)96-46-44-92-67-36-14-56(15-37-67)54-10-8-53(50-74)9-11-54,72(87)97-47-45-93-68-38-16-57(17-39-68)55-12-18-58(75-5)19-13-55)49-52(4)70(85)95-43-41-81(7-2)64-30-22-60(23-31-64)77-79-62-26-34-66(35-27-62)83(90)91/h8-39,51-52H,6-7,40-49H2,1-4H3. The van der Waals surface area contributed by atoms with E-state index in [1.807, 2.05) is 96.4 Å². The molecule has 97 heavy (non-hydrogen) atoms. The van der Waals surface area contributed by atoms with Crippen molar-refractivity contribution in [2.45, 2.75) is 40.5 Å². The minimum absolute atomic E-state index is 0.0671. The first-order valence-electron chi connectivity index (χ1n) is 31.1. The van der Waals surface area contributed by atoms with E-state index in [9.17, 15) is 35.1 Å². The Labute approximate surface area is 560 Å². The maximum absolute atomic E-state index is 15.0. The number of ether oxygens (including phenoxy) is 6. The minimum atomic E-state index is -2.32. The fourth-order valence-corrected chi connectivity index (χ4v) is 10.2. The predicted molar refractivity (Wildman–Crippen MR) is 363 cm³/mol. The van der Waals surface area contributed by atoms with Gasteiger partial charge in [-0.3, -0.25) is 39.4 Å². The minimum Gasteiger partial charge on any atom is -0.490 e. The normalized spacial score (nSPS) is 12.2. The Bertz CT molecular complexity index is 3840. The van der Waals surface area contributed by atoms with Crippen molar-refractivity contribution in [2.24, 2.45) is 37.7 Å². The number of likely N-dealkylation sites (N-methyl/N-ethyl adjacent to an activating group) is 2. The fraction of sp³-hybridized carbons (Fsp3) is 0.260. The van der Waals surface area contributed by atoms with E-state index < -0.39 is 63.8 Å². The van der Waals surface area contributed by atoms with Crippen LogP contribution in [0.25, 0.3) is 27.1 Å². The Hall–Kier alpha value is -12.2. The highest BCUT2D eigenvalue weighted by molar-refractivity contribution is 6.01. The van der Waals surface area contributed by atoms with Crippen LogP contribution in [0.1, 0.15) is 46.1 Å². The molecule has 2 unspecified atom stereocenters. The van der Waals surface area contributed by atoms with Crippen LogP contribution >= 0.6 is 0 Å². The second-order valence-corrected chi connectivity index (χ2v) is 22.1. The summed E-state index contributed by atoms with van der Waals surface area (Å²) >= 11 is 0. The van der Waals surface area contributed by atoms with E-state index in [2.05, 4.69) is 31.4 Å². The van der Waals surface area contributed by atoms with Crippen molar-refractivity contribution in [2.75, 3.05) is 75.6 Å². The second-order valence-electron chi connectivity index (χ2n) is 22.1. The molecular formula is C73H70N10O14. The van der Waals surface area contributed by atoms with E-state index >= 15 is 9.59 Å². The molecule has 0 amide bonds. The van der Waals surface area contributed by atoms with E-state index in [1.54, 1.807) is 72.8 Å². The molecular weight excluding hydrogens is 1240 g/mol. The first-order valence-corrected chi connectivity index (χ1v) is 31.1. The van der Waals surface area contributed by atoms with E-state index in [0.717, 1.165) is 33.6 Å². The van der Waals surface area contributed by atoms with Crippen molar-refractivity contribution in [3.63, 3.8) is 0 Å². The number of hydrogen-bond donors (Lipinski definition) is 0. The van der Waals surface area contributed by atoms with Crippen LogP contribution in [0.4, 0.5) is 51.2 Å². The fourth-order valence-electron chi connectivity index (χ4n) is 10.2. The predicted octanol–water partition coefficient (Wildman–Crippen LogP) is 15.8. The molecule has 2 atom stereocenters. The molecule has 0 spiro atoms. The Balaban J connectivity index is 0.973. The maximum Gasteiger partial charge on any atom is 0.323 e. The number of nitro groups is 2. The Kier molecular flexibility index (Phi) is 25.6. The molecule has 496 valence electrons. The zero-order valence-electron chi connectivity index (χ0n) is 53.8. The van der Waals surface area contributed by atoms with Gasteiger partial charge in [0.2, 0.25) is 0 Å². The molecule has 0 heterocycles. The molecule has 8 aromatic carbocycles. The quantitative estimate of drug-likeness (QED) is 0.00529. The number of hydrogen-bond acceptors (Lipinski definition) is 21. The smallest absolute Gasteiger partial charge is 0.323 e. The van der Waals surface area contributed by atoms with Gasteiger partial charge in [-0.25, -0.2) is 4.85 Å². The van der Waals surface area contributed by atoms with Gasteiger partial charge in [0.05, 0.1) is 75.7 Å². The van der Waals surface area contributed by atoms with Gasteiger partial charge in [-0.05, 0) is 158 Å². The molecule has 0 radical (unpaired) electrons. The topological polar surface area (TPSA) is 294 Å². The lowest BCUT2D eigenvalue weighted by Crippen LogP contribution is -2.47. The summed E-state index contributed by atoms with van der Waals surface area (Å²) in [4.78, 5) is 87.0. The Morgan fingerprint density at radius 1 is 0.485 bits per heavy atom. The lowest BCUT2D eigenvalue weighted by atomic mass is 9.73. The van der Waals surface area contributed by atoms with Gasteiger partial charge in [-0.15, -0.1) is 0 Å². The third-order valence-electron chi connectivity index (χ3n) is 15.5. The first kappa shape index (κ1) is 70.7. The molecule has 0 aliphatic heterocycles. The molecule has 24 heteroatoms. The molecule has 0 saturated heterocycles. The van der Waals surface area contributed by atoms with Gasteiger partial charge in [-0.2, -0.15) is 25.7 Å². The van der Waals surface area contributed by atoms with Gasteiger partial charge in [0.15, 0.2) is 11.1 Å². The van der Waals surface area contributed by atoms with Gasteiger partial charge in [0, 0.05) is 48.7 Å². The summed E-state index contributed by atoms with van der Waals surface area (Å²) < 4.78 is 35.5. The number of azo groups is 2. The van der Waals surface area contributed by atoms with Crippen molar-refractivity contribution >= 4 is 75.1 Å². The van der Waals surface area contributed by atoms with Crippen LogP contribution in [0.15, 0.2) is 215 Å². The molecule has 0 bridgehead atoms. The molecule has 0 aromatic heterocycles. The average molecular weight is 1310 g/mol. The van der Waals surface area contributed by atoms with Crippen molar-refractivity contribution in [3.05, 3.63) is 231 Å². The lowest BCUT2D eigenvalue weighted by molar-refractivity contribution is -0.385. The number of rotatable bonds is 34. The molecule has 0 N–H and O–H groups in total. The summed E-state index contributed by atoms with van der Waals surface area (Å²) in [6.07, 6.45) is -1.03. The summed E-state index contributed by atoms with van der Waals surface area (Å²) in [6, 6.07) is 56.2. The number of carbonyl (C=O) groups excluding carboxylic acids is 4. The summed E-state index contributed by atoms with van der Waals surface area (Å²) in [7, 11) is 0. The first-order chi connectivity index (χ1) is 47.0. The molecule has 0 aliphatic rings. The third-order valence-corrected chi connectivity index (χ3v) is 15.5. The van der Waals surface area contributed by atoms with Gasteiger partial charge in [0.1, 0.15) is 51.1 Å². The highest BCUT2D eigenvalue weighted by Gasteiger charge is 2.52. The number of nitrogens with zero attached hydrogens (tertiary/aromatic N) is 10. The molecule has 8 rings (SSSR count). The number of non-ortho nitro benzene ring substituents is 2. The van der Waals surface area contributed by atoms with E-state index in [4.69, 9.17) is 35.0 Å². The van der Waals surface area contributed by atoms with Gasteiger partial charge in [0.25, 0.3) is 11.4 Å². The zero-order chi connectivity index (χ0) is 69.1. The number of benzene rings is 8.